The van der Waals surface area contributed by atoms with Crippen molar-refractivity contribution in [1.82, 2.24) is 19.7 Å². The number of aromatic nitrogens is 4. The molecule has 0 amide bonds. The smallest absolute Gasteiger partial charge is 0.269 e. The van der Waals surface area contributed by atoms with Gasteiger partial charge >= 0.3 is 0 Å². The lowest BCUT2D eigenvalue weighted by Crippen LogP contribution is -2.00. The Hall–Kier alpha value is -3.52. The molecule has 0 spiro atoms. The Morgan fingerprint density at radius 3 is 2.45 bits per heavy atom. The van der Waals surface area contributed by atoms with Gasteiger partial charge in [-0.15, -0.1) is 10.2 Å². The standard InChI is InChI=1S/C21H17N5O2S/c1-15-4-8-18(9-5-15)25-20(17-3-2-12-22-13-17)23-24-21(25)29-14-16-6-10-19(11-7-16)26(27)28/h2-13H,14H2,1H3. The Balaban J connectivity index is 1.67. The van der Waals surface area contributed by atoms with Crippen LogP contribution >= 0.6 is 11.8 Å². The van der Waals surface area contributed by atoms with E-state index >= 15 is 0 Å². The summed E-state index contributed by atoms with van der Waals surface area (Å²) in [7, 11) is 0. The van der Waals surface area contributed by atoms with Gasteiger partial charge in [0.25, 0.3) is 5.69 Å². The van der Waals surface area contributed by atoms with Crippen molar-refractivity contribution in [1.29, 1.82) is 0 Å². The molecule has 0 bridgehead atoms. The van der Waals surface area contributed by atoms with E-state index in [2.05, 4.69) is 15.2 Å². The summed E-state index contributed by atoms with van der Waals surface area (Å²) in [6.07, 6.45) is 3.49. The average molecular weight is 403 g/mol. The average Bonchev–Trinajstić information content (AvgIpc) is 3.17. The number of hydrogen-bond donors (Lipinski definition) is 0. The van der Waals surface area contributed by atoms with Crippen LogP contribution in [0, 0.1) is 17.0 Å². The van der Waals surface area contributed by atoms with Gasteiger partial charge < -0.3 is 0 Å². The minimum absolute atomic E-state index is 0.0837. The van der Waals surface area contributed by atoms with Crippen molar-refractivity contribution in [2.45, 2.75) is 17.8 Å². The number of thioether (sulfide) groups is 1. The van der Waals surface area contributed by atoms with E-state index in [0.717, 1.165) is 22.0 Å². The van der Waals surface area contributed by atoms with Gasteiger partial charge in [-0.05, 0) is 36.8 Å². The van der Waals surface area contributed by atoms with E-state index in [0.29, 0.717) is 11.6 Å². The fourth-order valence-corrected chi connectivity index (χ4v) is 3.74. The molecule has 2 aromatic heterocycles. The molecule has 0 saturated carbocycles. The molecule has 0 aliphatic carbocycles. The van der Waals surface area contributed by atoms with Crippen LogP contribution in [0.2, 0.25) is 0 Å². The second kappa shape index (κ2) is 8.24. The summed E-state index contributed by atoms with van der Waals surface area (Å²) in [6.45, 7) is 2.04. The van der Waals surface area contributed by atoms with E-state index in [1.165, 1.54) is 29.5 Å². The van der Waals surface area contributed by atoms with Crippen molar-refractivity contribution >= 4 is 17.4 Å². The van der Waals surface area contributed by atoms with Crippen molar-refractivity contribution in [2.24, 2.45) is 0 Å². The molecule has 0 fully saturated rings. The summed E-state index contributed by atoms with van der Waals surface area (Å²) in [5.41, 5.74) is 4.07. The van der Waals surface area contributed by atoms with Crippen molar-refractivity contribution in [2.75, 3.05) is 0 Å². The van der Waals surface area contributed by atoms with Gasteiger partial charge in [0.1, 0.15) is 0 Å². The molecule has 0 atom stereocenters. The lowest BCUT2D eigenvalue weighted by molar-refractivity contribution is -0.384. The molecule has 4 aromatic rings. The first-order valence-corrected chi connectivity index (χ1v) is 9.89. The molecule has 7 nitrogen and oxygen atoms in total. The van der Waals surface area contributed by atoms with Crippen LogP contribution in [-0.4, -0.2) is 24.7 Å². The van der Waals surface area contributed by atoms with E-state index in [-0.39, 0.29) is 5.69 Å². The van der Waals surface area contributed by atoms with Crippen LogP contribution in [0.3, 0.4) is 0 Å². The molecule has 2 heterocycles. The summed E-state index contributed by atoms with van der Waals surface area (Å²) in [6, 6.07) is 18.5. The first-order chi connectivity index (χ1) is 14.1. The van der Waals surface area contributed by atoms with E-state index in [1.54, 1.807) is 24.5 Å². The molecule has 0 N–H and O–H groups in total. The zero-order valence-electron chi connectivity index (χ0n) is 15.6. The van der Waals surface area contributed by atoms with Crippen LogP contribution in [0.4, 0.5) is 5.69 Å². The lowest BCUT2D eigenvalue weighted by Gasteiger charge is -2.10. The number of pyridine rings is 1. The Morgan fingerprint density at radius 2 is 1.79 bits per heavy atom. The highest BCUT2D eigenvalue weighted by atomic mass is 32.2. The highest BCUT2D eigenvalue weighted by molar-refractivity contribution is 7.98. The summed E-state index contributed by atoms with van der Waals surface area (Å²) < 4.78 is 2.01. The predicted molar refractivity (Wildman–Crippen MR) is 112 cm³/mol. The molecule has 4 rings (SSSR count). The fourth-order valence-electron chi connectivity index (χ4n) is 2.83. The minimum Gasteiger partial charge on any atom is -0.270 e. The van der Waals surface area contributed by atoms with Gasteiger partial charge in [-0.1, -0.05) is 41.6 Å². The van der Waals surface area contributed by atoms with Gasteiger partial charge in [0.2, 0.25) is 0 Å². The van der Waals surface area contributed by atoms with Crippen molar-refractivity contribution in [3.63, 3.8) is 0 Å². The maximum atomic E-state index is 10.8. The predicted octanol–water partition coefficient (Wildman–Crippen LogP) is 4.84. The summed E-state index contributed by atoms with van der Waals surface area (Å²) >= 11 is 1.53. The Bertz CT molecular complexity index is 1130. The number of rotatable bonds is 6. The van der Waals surface area contributed by atoms with Crippen LogP contribution in [0.15, 0.2) is 78.2 Å². The molecule has 144 valence electrons. The van der Waals surface area contributed by atoms with E-state index in [9.17, 15) is 10.1 Å². The molecule has 8 heteroatoms. The molecule has 29 heavy (non-hydrogen) atoms. The van der Waals surface area contributed by atoms with Crippen molar-refractivity contribution in [3.8, 4) is 17.1 Å². The fraction of sp³-hybridized carbons (Fsp3) is 0.0952. The molecular weight excluding hydrogens is 386 g/mol. The Labute approximate surface area is 171 Å². The van der Waals surface area contributed by atoms with Gasteiger partial charge in [0, 0.05) is 41.5 Å². The van der Waals surface area contributed by atoms with Gasteiger partial charge in [-0.2, -0.15) is 0 Å². The Kier molecular flexibility index (Phi) is 5.35. The van der Waals surface area contributed by atoms with Gasteiger partial charge in [-0.3, -0.25) is 19.7 Å². The largest absolute Gasteiger partial charge is 0.270 e. The second-order valence-corrected chi connectivity index (χ2v) is 7.37. The SMILES string of the molecule is Cc1ccc(-n2c(SCc3ccc([N+](=O)[O-])cc3)nnc2-c2cccnc2)cc1. The quantitative estimate of drug-likeness (QED) is 0.260. The number of nitro groups is 1. The van der Waals surface area contributed by atoms with Crippen LogP contribution in [0.5, 0.6) is 0 Å². The number of non-ortho nitro benzene ring substituents is 1. The van der Waals surface area contributed by atoms with Crippen molar-refractivity contribution < 1.29 is 4.92 Å². The lowest BCUT2D eigenvalue weighted by atomic mass is 10.2. The zero-order chi connectivity index (χ0) is 20.2. The van der Waals surface area contributed by atoms with Gasteiger partial charge in [-0.25, -0.2) is 0 Å². The molecule has 2 aromatic carbocycles. The maximum Gasteiger partial charge on any atom is 0.269 e. The number of nitro benzene ring substituents is 1. The molecule has 0 unspecified atom stereocenters. The molecular formula is C21H17N5O2S. The minimum atomic E-state index is -0.398. The summed E-state index contributed by atoms with van der Waals surface area (Å²) in [5.74, 6) is 1.34. The second-order valence-electron chi connectivity index (χ2n) is 6.43. The number of hydrogen-bond acceptors (Lipinski definition) is 6. The normalized spacial score (nSPS) is 10.8. The zero-order valence-corrected chi connectivity index (χ0v) is 16.4. The molecule has 0 aliphatic heterocycles. The molecule has 0 aliphatic rings. The highest BCUT2D eigenvalue weighted by Crippen LogP contribution is 2.30. The van der Waals surface area contributed by atoms with Crippen LogP contribution in [-0.2, 0) is 5.75 Å². The number of aryl methyl sites for hydroxylation is 1. The van der Waals surface area contributed by atoms with Crippen LogP contribution in [0.25, 0.3) is 17.1 Å². The highest BCUT2D eigenvalue weighted by Gasteiger charge is 2.16. The first kappa shape index (κ1) is 18.8. The van der Waals surface area contributed by atoms with Gasteiger partial charge in [0.15, 0.2) is 11.0 Å². The molecule has 0 saturated heterocycles. The number of benzene rings is 2. The monoisotopic (exact) mass is 403 g/mol. The van der Waals surface area contributed by atoms with Gasteiger partial charge in [0.05, 0.1) is 4.92 Å². The number of nitrogens with zero attached hydrogens (tertiary/aromatic N) is 5. The third-order valence-corrected chi connectivity index (χ3v) is 5.36. The maximum absolute atomic E-state index is 10.8. The first-order valence-electron chi connectivity index (χ1n) is 8.91. The van der Waals surface area contributed by atoms with E-state index in [4.69, 9.17) is 0 Å². The Morgan fingerprint density at radius 1 is 1.03 bits per heavy atom. The summed E-state index contributed by atoms with van der Waals surface area (Å²) in [5, 5.41) is 20.4. The van der Waals surface area contributed by atoms with E-state index < -0.39 is 4.92 Å². The van der Waals surface area contributed by atoms with Crippen LogP contribution in [0.1, 0.15) is 11.1 Å². The molecule has 0 radical (unpaired) electrons. The summed E-state index contributed by atoms with van der Waals surface area (Å²) in [4.78, 5) is 14.6. The van der Waals surface area contributed by atoms with E-state index in [1.807, 2.05) is 47.9 Å². The third-order valence-electron chi connectivity index (χ3n) is 4.36. The van der Waals surface area contributed by atoms with Crippen LogP contribution < -0.4 is 0 Å². The topological polar surface area (TPSA) is 86.7 Å². The van der Waals surface area contributed by atoms with Crippen molar-refractivity contribution in [3.05, 3.63) is 94.3 Å². The third kappa shape index (κ3) is 4.17.